The highest BCUT2D eigenvalue weighted by Gasteiger charge is 2.44. The van der Waals surface area contributed by atoms with Crippen molar-refractivity contribution in [3.8, 4) is 0 Å². The van der Waals surface area contributed by atoms with Crippen LogP contribution >= 0.6 is 0 Å². The van der Waals surface area contributed by atoms with Gasteiger partial charge in [-0.15, -0.1) is 0 Å². The molecule has 9 unspecified atom stereocenters. The Morgan fingerprint density at radius 3 is 1.13 bits per heavy atom. The quantitative estimate of drug-likeness (QED) is 0.0215. The standard InChI is InChI=1S/C65H125NO10/c1-3-5-7-9-11-13-15-17-19-21-23-25-27-28-29-30-31-33-35-37-39-41-43-45-47-49-51-53-58(69)64(74)66-56(55-75-65-63(73)62(72)61(71)59(54-67)76-65)60(70)57(68)52-50-48-46-44-42-40-38-36-34-32-26-24-22-20-18-16-14-12-10-8-6-4-2/h28-29,44,46,56-63,65,67-73H,3-27,30-43,45,47-55H2,1-2H3,(H,66,74)/b29-28-,46-44+. The van der Waals surface area contributed by atoms with E-state index in [-0.39, 0.29) is 12.8 Å². The molecule has 0 aliphatic carbocycles. The molecule has 0 aromatic heterocycles. The van der Waals surface area contributed by atoms with Crippen LogP contribution in [0.25, 0.3) is 0 Å². The minimum atomic E-state index is -1.67. The summed E-state index contributed by atoms with van der Waals surface area (Å²) in [5.41, 5.74) is 0. The highest BCUT2D eigenvalue weighted by atomic mass is 16.7. The summed E-state index contributed by atoms with van der Waals surface area (Å²) in [6, 6.07) is -1.18. The largest absolute Gasteiger partial charge is 0.394 e. The summed E-state index contributed by atoms with van der Waals surface area (Å²) in [4.78, 5) is 13.2. The number of aliphatic hydroxyl groups excluding tert-OH is 7. The average Bonchev–Trinajstić information content (AvgIpc) is 3.42. The molecule has 0 saturated carbocycles. The average molecular weight is 1080 g/mol. The first-order chi connectivity index (χ1) is 37.2. The lowest BCUT2D eigenvalue weighted by molar-refractivity contribution is -0.303. The van der Waals surface area contributed by atoms with Crippen LogP contribution < -0.4 is 5.32 Å². The molecule has 1 saturated heterocycles. The molecule has 0 bridgehead atoms. The monoisotopic (exact) mass is 1080 g/mol. The van der Waals surface area contributed by atoms with Crippen molar-refractivity contribution in [3.05, 3.63) is 24.3 Å². The third-order valence-corrected chi connectivity index (χ3v) is 16.0. The van der Waals surface area contributed by atoms with Gasteiger partial charge in [0.2, 0.25) is 5.91 Å². The Labute approximate surface area is 467 Å². The van der Waals surface area contributed by atoms with Gasteiger partial charge >= 0.3 is 0 Å². The maximum absolute atomic E-state index is 13.2. The Morgan fingerprint density at radius 1 is 0.447 bits per heavy atom. The van der Waals surface area contributed by atoms with E-state index in [0.29, 0.717) is 12.8 Å². The molecule has 450 valence electrons. The Morgan fingerprint density at radius 2 is 0.776 bits per heavy atom. The zero-order valence-corrected chi connectivity index (χ0v) is 49.5. The van der Waals surface area contributed by atoms with E-state index in [9.17, 15) is 40.5 Å². The number of carbonyl (C=O) groups is 1. The van der Waals surface area contributed by atoms with Crippen molar-refractivity contribution in [2.24, 2.45) is 0 Å². The van der Waals surface area contributed by atoms with Gasteiger partial charge in [-0.1, -0.05) is 276 Å². The van der Waals surface area contributed by atoms with Crippen LogP contribution in [-0.2, 0) is 14.3 Å². The summed E-state index contributed by atoms with van der Waals surface area (Å²) in [6.07, 6.45) is 55.3. The van der Waals surface area contributed by atoms with Gasteiger partial charge in [0.1, 0.15) is 36.6 Å². The highest BCUT2D eigenvalue weighted by Crippen LogP contribution is 2.24. The van der Waals surface area contributed by atoms with Crippen molar-refractivity contribution in [1.82, 2.24) is 5.32 Å². The summed E-state index contributed by atoms with van der Waals surface area (Å²) in [5.74, 6) is -0.702. The molecule has 1 aliphatic heterocycles. The molecule has 11 nitrogen and oxygen atoms in total. The van der Waals surface area contributed by atoms with Gasteiger partial charge in [-0.2, -0.15) is 0 Å². The number of carbonyl (C=O) groups excluding carboxylic acids is 1. The van der Waals surface area contributed by atoms with Gasteiger partial charge < -0.3 is 50.5 Å². The molecule has 8 N–H and O–H groups in total. The van der Waals surface area contributed by atoms with Crippen molar-refractivity contribution in [2.75, 3.05) is 13.2 Å². The number of nitrogens with one attached hydrogen (secondary N) is 1. The molecule has 0 spiro atoms. The molecule has 0 aromatic rings. The van der Waals surface area contributed by atoms with E-state index in [2.05, 4.69) is 43.5 Å². The molecule has 11 heteroatoms. The number of hydrogen-bond donors (Lipinski definition) is 8. The van der Waals surface area contributed by atoms with Gasteiger partial charge in [0.25, 0.3) is 0 Å². The van der Waals surface area contributed by atoms with Gasteiger partial charge in [-0.05, 0) is 64.2 Å². The maximum atomic E-state index is 13.2. The van der Waals surface area contributed by atoms with Gasteiger partial charge in [0.05, 0.1) is 25.4 Å². The Bertz CT molecular complexity index is 1280. The van der Waals surface area contributed by atoms with Gasteiger partial charge in [-0.3, -0.25) is 4.79 Å². The summed E-state index contributed by atoms with van der Waals surface area (Å²) >= 11 is 0. The van der Waals surface area contributed by atoms with Crippen LogP contribution in [0.15, 0.2) is 24.3 Å². The molecule has 1 fully saturated rings. The minimum absolute atomic E-state index is 0.255. The van der Waals surface area contributed by atoms with E-state index in [0.717, 1.165) is 38.5 Å². The van der Waals surface area contributed by atoms with E-state index in [1.54, 1.807) is 0 Å². The van der Waals surface area contributed by atoms with E-state index < -0.39 is 74.2 Å². The number of unbranched alkanes of at least 4 members (excludes halogenated alkanes) is 41. The number of rotatable bonds is 57. The topological polar surface area (TPSA) is 189 Å². The van der Waals surface area contributed by atoms with E-state index in [4.69, 9.17) is 9.47 Å². The fourth-order valence-corrected chi connectivity index (χ4v) is 10.7. The van der Waals surface area contributed by atoms with E-state index in [1.165, 1.54) is 238 Å². The molecule has 1 aliphatic rings. The maximum Gasteiger partial charge on any atom is 0.249 e. The lowest BCUT2D eigenvalue weighted by atomic mass is 9.98. The summed E-state index contributed by atoms with van der Waals surface area (Å²) in [7, 11) is 0. The second-order valence-corrected chi connectivity index (χ2v) is 23.2. The van der Waals surface area contributed by atoms with Gasteiger partial charge in [0, 0.05) is 0 Å². The normalized spacial score (nSPS) is 19.7. The van der Waals surface area contributed by atoms with E-state index >= 15 is 0 Å². The van der Waals surface area contributed by atoms with Crippen LogP contribution in [0, 0.1) is 0 Å². The smallest absolute Gasteiger partial charge is 0.249 e. The zero-order chi connectivity index (χ0) is 55.4. The highest BCUT2D eigenvalue weighted by molar-refractivity contribution is 5.80. The Kier molecular flexibility index (Phi) is 51.8. The third-order valence-electron chi connectivity index (χ3n) is 16.0. The van der Waals surface area contributed by atoms with Gasteiger partial charge in [-0.25, -0.2) is 0 Å². The number of amides is 1. The van der Waals surface area contributed by atoms with Crippen LogP contribution in [0.2, 0.25) is 0 Å². The van der Waals surface area contributed by atoms with Crippen molar-refractivity contribution < 1.29 is 50.0 Å². The summed E-state index contributed by atoms with van der Waals surface area (Å²) in [5, 5.41) is 76.3. The number of hydrogen-bond acceptors (Lipinski definition) is 10. The molecule has 1 rings (SSSR count). The molecular formula is C65H125NO10. The lowest BCUT2D eigenvalue weighted by Gasteiger charge is -2.40. The molecule has 0 aromatic carbocycles. The Balaban J connectivity index is 2.25. The fraction of sp³-hybridized carbons (Fsp3) is 0.923. The Hall–Kier alpha value is -1.41. The molecule has 76 heavy (non-hydrogen) atoms. The van der Waals surface area contributed by atoms with Crippen LogP contribution in [0.3, 0.4) is 0 Å². The molecular weight excluding hydrogens is 955 g/mol. The number of allylic oxidation sites excluding steroid dienone is 4. The summed E-state index contributed by atoms with van der Waals surface area (Å²) in [6.45, 7) is 3.49. The van der Waals surface area contributed by atoms with Crippen LogP contribution in [0.1, 0.15) is 316 Å². The first kappa shape index (κ1) is 72.6. The number of aliphatic hydroxyl groups is 7. The van der Waals surface area contributed by atoms with Crippen LogP contribution in [-0.4, -0.2) is 110 Å². The first-order valence-corrected chi connectivity index (χ1v) is 32.7. The fourth-order valence-electron chi connectivity index (χ4n) is 10.7. The molecule has 1 amide bonds. The van der Waals surface area contributed by atoms with Crippen molar-refractivity contribution >= 4 is 5.91 Å². The van der Waals surface area contributed by atoms with E-state index in [1.807, 2.05) is 0 Å². The van der Waals surface area contributed by atoms with Gasteiger partial charge in [0.15, 0.2) is 6.29 Å². The SMILES string of the molecule is CCCCCCCCCCCCCC/C=C\CCCCCCCCCCCCCC(O)C(=O)NC(COC1OC(CO)C(O)C(O)C1O)C(O)C(O)CCC/C=C/CCCCCCCCCCCCCCCCCCC. The molecule has 9 atom stereocenters. The lowest BCUT2D eigenvalue weighted by Crippen LogP contribution is -2.60. The number of ether oxygens (including phenoxy) is 2. The van der Waals surface area contributed by atoms with Crippen LogP contribution in [0.4, 0.5) is 0 Å². The third kappa shape index (κ3) is 41.6. The minimum Gasteiger partial charge on any atom is -0.394 e. The predicted molar refractivity (Wildman–Crippen MR) is 316 cm³/mol. The first-order valence-electron chi connectivity index (χ1n) is 32.7. The van der Waals surface area contributed by atoms with Crippen molar-refractivity contribution in [2.45, 2.75) is 371 Å². The van der Waals surface area contributed by atoms with Crippen molar-refractivity contribution in [1.29, 1.82) is 0 Å². The predicted octanol–water partition coefficient (Wildman–Crippen LogP) is 14.9. The zero-order valence-electron chi connectivity index (χ0n) is 49.5. The second kappa shape index (κ2) is 54.2. The molecule has 1 heterocycles. The summed E-state index contributed by atoms with van der Waals surface area (Å²) < 4.78 is 11.2. The second-order valence-electron chi connectivity index (χ2n) is 23.2. The van der Waals surface area contributed by atoms with Crippen LogP contribution in [0.5, 0.6) is 0 Å². The van der Waals surface area contributed by atoms with Crippen molar-refractivity contribution in [3.63, 3.8) is 0 Å². The molecule has 0 radical (unpaired) electrons.